The SMILES string of the molecule is CC(C)=CCNC(C)c1ccc(-c2ccccc2)cc1. The van der Waals surface area contributed by atoms with Crippen LogP contribution < -0.4 is 5.32 Å². The standard InChI is InChI=1S/C19H23N/c1-15(2)13-14-20-16(3)17-9-11-19(12-10-17)18-7-5-4-6-8-18/h4-13,16,20H,14H2,1-3H3. The average Bonchev–Trinajstić information content (AvgIpc) is 2.48. The molecule has 0 fully saturated rings. The summed E-state index contributed by atoms with van der Waals surface area (Å²) in [4.78, 5) is 0. The van der Waals surface area contributed by atoms with E-state index in [0.29, 0.717) is 6.04 Å². The lowest BCUT2D eigenvalue weighted by atomic mass is 10.0. The van der Waals surface area contributed by atoms with E-state index in [1.54, 1.807) is 0 Å². The molecule has 0 radical (unpaired) electrons. The fourth-order valence-corrected chi connectivity index (χ4v) is 2.15. The molecule has 0 aromatic heterocycles. The van der Waals surface area contributed by atoms with Crippen LogP contribution in [0, 0.1) is 0 Å². The normalized spacial score (nSPS) is 11.9. The third-order valence-corrected chi connectivity index (χ3v) is 3.45. The molecule has 2 aromatic rings. The molecule has 0 amide bonds. The Balaban J connectivity index is 2.03. The minimum absolute atomic E-state index is 0.371. The van der Waals surface area contributed by atoms with Crippen LogP contribution in [0.3, 0.4) is 0 Å². The molecule has 0 saturated heterocycles. The lowest BCUT2D eigenvalue weighted by Gasteiger charge is -2.13. The second kappa shape index (κ2) is 7.06. The number of rotatable bonds is 5. The van der Waals surface area contributed by atoms with Gasteiger partial charge in [-0.3, -0.25) is 0 Å². The van der Waals surface area contributed by atoms with E-state index in [9.17, 15) is 0 Å². The Labute approximate surface area is 122 Å². The number of allylic oxidation sites excluding steroid dienone is 1. The van der Waals surface area contributed by atoms with Crippen LogP contribution in [-0.2, 0) is 0 Å². The lowest BCUT2D eigenvalue weighted by Crippen LogP contribution is -2.18. The van der Waals surface area contributed by atoms with Crippen molar-refractivity contribution in [1.82, 2.24) is 5.32 Å². The van der Waals surface area contributed by atoms with Gasteiger partial charge < -0.3 is 5.32 Å². The van der Waals surface area contributed by atoms with Gasteiger partial charge in [0.1, 0.15) is 0 Å². The highest BCUT2D eigenvalue weighted by Gasteiger charge is 2.04. The van der Waals surface area contributed by atoms with Crippen LogP contribution in [0.4, 0.5) is 0 Å². The van der Waals surface area contributed by atoms with E-state index in [1.165, 1.54) is 22.3 Å². The summed E-state index contributed by atoms with van der Waals surface area (Å²) in [5.41, 5.74) is 5.21. The van der Waals surface area contributed by atoms with Crippen LogP contribution in [0.2, 0.25) is 0 Å². The Morgan fingerprint density at radius 1 is 0.950 bits per heavy atom. The number of nitrogens with one attached hydrogen (secondary N) is 1. The second-order valence-electron chi connectivity index (χ2n) is 5.40. The van der Waals surface area contributed by atoms with Crippen LogP contribution in [0.5, 0.6) is 0 Å². The molecule has 0 aliphatic carbocycles. The fourth-order valence-electron chi connectivity index (χ4n) is 2.15. The average molecular weight is 265 g/mol. The van der Waals surface area contributed by atoms with Crippen molar-refractivity contribution in [3.8, 4) is 11.1 Å². The number of benzene rings is 2. The summed E-state index contributed by atoms with van der Waals surface area (Å²) >= 11 is 0. The highest BCUT2D eigenvalue weighted by Crippen LogP contribution is 2.21. The maximum atomic E-state index is 3.51. The Morgan fingerprint density at radius 2 is 1.55 bits per heavy atom. The van der Waals surface area contributed by atoms with Gasteiger partial charge in [0.2, 0.25) is 0 Å². The third-order valence-electron chi connectivity index (χ3n) is 3.45. The lowest BCUT2D eigenvalue weighted by molar-refractivity contribution is 0.616. The first-order valence-corrected chi connectivity index (χ1v) is 7.19. The Bertz CT molecular complexity index is 548. The molecule has 1 nitrogen and oxygen atoms in total. The van der Waals surface area contributed by atoms with Crippen molar-refractivity contribution in [3.63, 3.8) is 0 Å². The van der Waals surface area contributed by atoms with Gasteiger partial charge in [-0.05, 0) is 37.5 Å². The molecular formula is C19H23N. The van der Waals surface area contributed by atoms with Gasteiger partial charge in [0.15, 0.2) is 0 Å². The molecule has 1 heteroatoms. The highest BCUT2D eigenvalue weighted by atomic mass is 14.9. The molecule has 2 aromatic carbocycles. The number of hydrogen-bond acceptors (Lipinski definition) is 1. The van der Waals surface area contributed by atoms with Crippen molar-refractivity contribution in [3.05, 3.63) is 71.8 Å². The van der Waals surface area contributed by atoms with Crippen molar-refractivity contribution in [2.45, 2.75) is 26.8 Å². The van der Waals surface area contributed by atoms with Crippen LogP contribution in [0.25, 0.3) is 11.1 Å². The van der Waals surface area contributed by atoms with Gasteiger partial charge in [-0.2, -0.15) is 0 Å². The second-order valence-corrected chi connectivity index (χ2v) is 5.40. The van der Waals surface area contributed by atoms with Gasteiger partial charge in [-0.15, -0.1) is 0 Å². The molecule has 20 heavy (non-hydrogen) atoms. The smallest absolute Gasteiger partial charge is 0.0294 e. The predicted molar refractivity (Wildman–Crippen MR) is 87.7 cm³/mol. The molecule has 1 N–H and O–H groups in total. The van der Waals surface area contributed by atoms with E-state index in [0.717, 1.165) is 6.54 Å². The van der Waals surface area contributed by atoms with E-state index in [4.69, 9.17) is 0 Å². The molecule has 0 bridgehead atoms. The molecule has 0 saturated carbocycles. The van der Waals surface area contributed by atoms with Gasteiger partial charge >= 0.3 is 0 Å². The third kappa shape index (κ3) is 4.07. The summed E-state index contributed by atoms with van der Waals surface area (Å²) in [6.07, 6.45) is 2.22. The molecule has 1 atom stereocenters. The van der Waals surface area contributed by atoms with Gasteiger partial charge in [0.05, 0.1) is 0 Å². The molecule has 1 unspecified atom stereocenters. The minimum Gasteiger partial charge on any atom is -0.307 e. The van der Waals surface area contributed by atoms with Crippen molar-refractivity contribution in [2.75, 3.05) is 6.54 Å². The van der Waals surface area contributed by atoms with E-state index < -0.39 is 0 Å². The quantitative estimate of drug-likeness (QED) is 0.753. The molecule has 0 heterocycles. The molecule has 2 rings (SSSR count). The summed E-state index contributed by atoms with van der Waals surface area (Å²) in [6, 6.07) is 19.7. The predicted octanol–water partition coefficient (Wildman–Crippen LogP) is 4.97. The molecule has 0 spiro atoms. The molecular weight excluding hydrogens is 242 g/mol. The maximum absolute atomic E-state index is 3.51. The molecule has 104 valence electrons. The first kappa shape index (κ1) is 14.5. The first-order chi connectivity index (χ1) is 9.66. The van der Waals surface area contributed by atoms with E-state index in [-0.39, 0.29) is 0 Å². The Morgan fingerprint density at radius 3 is 2.15 bits per heavy atom. The van der Waals surface area contributed by atoms with Crippen molar-refractivity contribution < 1.29 is 0 Å². The van der Waals surface area contributed by atoms with Crippen LogP contribution >= 0.6 is 0 Å². The van der Waals surface area contributed by atoms with Crippen molar-refractivity contribution in [2.24, 2.45) is 0 Å². The van der Waals surface area contributed by atoms with E-state index >= 15 is 0 Å². The van der Waals surface area contributed by atoms with Crippen molar-refractivity contribution >= 4 is 0 Å². The topological polar surface area (TPSA) is 12.0 Å². The zero-order valence-corrected chi connectivity index (χ0v) is 12.6. The van der Waals surface area contributed by atoms with E-state index in [1.807, 2.05) is 6.07 Å². The summed E-state index contributed by atoms with van der Waals surface area (Å²) in [6.45, 7) is 7.38. The summed E-state index contributed by atoms with van der Waals surface area (Å²) in [5, 5.41) is 3.51. The molecule has 0 aliphatic heterocycles. The van der Waals surface area contributed by atoms with Crippen LogP contribution in [0.1, 0.15) is 32.4 Å². The van der Waals surface area contributed by atoms with Crippen LogP contribution in [-0.4, -0.2) is 6.54 Å². The first-order valence-electron chi connectivity index (χ1n) is 7.19. The van der Waals surface area contributed by atoms with Crippen LogP contribution in [0.15, 0.2) is 66.2 Å². The minimum atomic E-state index is 0.371. The monoisotopic (exact) mass is 265 g/mol. The van der Waals surface area contributed by atoms with Gasteiger partial charge in [0.25, 0.3) is 0 Å². The largest absolute Gasteiger partial charge is 0.307 e. The zero-order chi connectivity index (χ0) is 14.4. The Kier molecular flexibility index (Phi) is 5.14. The Hall–Kier alpha value is -1.86. The van der Waals surface area contributed by atoms with E-state index in [2.05, 4.69) is 80.7 Å². The van der Waals surface area contributed by atoms with Gasteiger partial charge in [-0.25, -0.2) is 0 Å². The summed E-state index contributed by atoms with van der Waals surface area (Å²) in [5.74, 6) is 0. The highest BCUT2D eigenvalue weighted by molar-refractivity contribution is 5.63. The maximum Gasteiger partial charge on any atom is 0.0294 e. The summed E-state index contributed by atoms with van der Waals surface area (Å²) < 4.78 is 0. The fraction of sp³-hybridized carbons (Fsp3) is 0.263. The zero-order valence-electron chi connectivity index (χ0n) is 12.6. The summed E-state index contributed by atoms with van der Waals surface area (Å²) in [7, 11) is 0. The van der Waals surface area contributed by atoms with Crippen molar-refractivity contribution in [1.29, 1.82) is 0 Å². The molecule has 0 aliphatic rings. The number of hydrogen-bond donors (Lipinski definition) is 1. The van der Waals surface area contributed by atoms with Gasteiger partial charge in [0, 0.05) is 12.6 Å². The van der Waals surface area contributed by atoms with Gasteiger partial charge in [-0.1, -0.05) is 66.2 Å².